The molecule has 4 nitrogen and oxygen atoms in total. The summed E-state index contributed by atoms with van der Waals surface area (Å²) in [6, 6.07) is 0. The Balaban J connectivity index is 1.76. The van der Waals surface area contributed by atoms with Gasteiger partial charge in [-0.25, -0.2) is 9.59 Å². The summed E-state index contributed by atoms with van der Waals surface area (Å²) >= 11 is 0. The molecule has 112 valence electrons. The molecule has 20 heavy (non-hydrogen) atoms. The van der Waals surface area contributed by atoms with Crippen LogP contribution in [0.5, 0.6) is 0 Å². The van der Waals surface area contributed by atoms with Gasteiger partial charge in [-0.1, -0.05) is 25.8 Å². The fourth-order valence-electron chi connectivity index (χ4n) is 3.69. The fourth-order valence-corrected chi connectivity index (χ4v) is 3.69. The highest BCUT2D eigenvalue weighted by molar-refractivity contribution is 5.83. The molecule has 0 aromatic rings. The molecule has 2 aliphatic rings. The van der Waals surface area contributed by atoms with Crippen molar-refractivity contribution in [2.75, 3.05) is 6.61 Å². The molecule has 3 unspecified atom stereocenters. The summed E-state index contributed by atoms with van der Waals surface area (Å²) in [4.78, 5) is 22.5. The van der Waals surface area contributed by atoms with E-state index < -0.39 is 11.9 Å². The average Bonchev–Trinajstić information content (AvgIpc) is 2.44. The second kappa shape index (κ2) is 6.91. The van der Waals surface area contributed by atoms with Gasteiger partial charge in [-0.05, 0) is 43.9 Å². The van der Waals surface area contributed by atoms with Crippen molar-refractivity contribution in [2.24, 2.45) is 17.8 Å². The molecule has 0 aromatic carbocycles. The Labute approximate surface area is 120 Å². The number of esters is 2. The van der Waals surface area contributed by atoms with Gasteiger partial charge in [0.15, 0.2) is 6.61 Å². The molecular formula is C16H24O4. The van der Waals surface area contributed by atoms with Gasteiger partial charge in [0.05, 0.1) is 0 Å². The Morgan fingerprint density at radius 1 is 1.25 bits per heavy atom. The van der Waals surface area contributed by atoms with Gasteiger partial charge in [-0.15, -0.1) is 0 Å². The van der Waals surface area contributed by atoms with Crippen LogP contribution >= 0.6 is 0 Å². The third-order valence-electron chi connectivity index (χ3n) is 4.64. The summed E-state index contributed by atoms with van der Waals surface area (Å²) in [6.45, 7) is 4.91. The first-order valence-electron chi connectivity index (χ1n) is 7.57. The first kappa shape index (κ1) is 15.1. The highest BCUT2D eigenvalue weighted by Gasteiger charge is 2.35. The maximum absolute atomic E-state index is 11.6. The molecule has 0 amide bonds. The molecule has 0 aromatic heterocycles. The molecule has 0 spiro atoms. The van der Waals surface area contributed by atoms with E-state index in [0.717, 1.165) is 30.8 Å². The lowest BCUT2D eigenvalue weighted by atomic mass is 9.67. The van der Waals surface area contributed by atoms with Crippen LogP contribution in [-0.4, -0.2) is 24.6 Å². The largest absolute Gasteiger partial charge is 0.460 e. The van der Waals surface area contributed by atoms with E-state index in [1.165, 1.54) is 25.7 Å². The Bertz CT molecular complexity index is 365. The maximum Gasteiger partial charge on any atom is 0.344 e. The molecule has 2 fully saturated rings. The van der Waals surface area contributed by atoms with Crippen molar-refractivity contribution in [3.05, 3.63) is 12.7 Å². The zero-order valence-corrected chi connectivity index (χ0v) is 12.2. The monoisotopic (exact) mass is 280 g/mol. The predicted molar refractivity (Wildman–Crippen MR) is 74.9 cm³/mol. The zero-order chi connectivity index (χ0) is 14.5. The highest BCUT2D eigenvalue weighted by atomic mass is 16.6. The van der Waals surface area contributed by atoms with Crippen LogP contribution < -0.4 is 0 Å². The molecule has 0 aliphatic heterocycles. The van der Waals surface area contributed by atoms with E-state index in [0.29, 0.717) is 5.92 Å². The Kier molecular flexibility index (Phi) is 5.21. The van der Waals surface area contributed by atoms with Gasteiger partial charge in [0.25, 0.3) is 0 Å². The van der Waals surface area contributed by atoms with Crippen molar-refractivity contribution < 1.29 is 19.1 Å². The maximum atomic E-state index is 11.6. The van der Waals surface area contributed by atoms with Crippen molar-refractivity contribution in [2.45, 2.75) is 51.6 Å². The molecule has 0 radical (unpaired) electrons. The summed E-state index contributed by atoms with van der Waals surface area (Å²) in [7, 11) is 0. The molecule has 2 rings (SSSR count). The van der Waals surface area contributed by atoms with E-state index in [9.17, 15) is 9.59 Å². The molecule has 2 bridgehead atoms. The summed E-state index contributed by atoms with van der Waals surface area (Å²) in [5.41, 5.74) is 0. The van der Waals surface area contributed by atoms with E-state index in [2.05, 4.69) is 11.3 Å². The Morgan fingerprint density at radius 3 is 2.50 bits per heavy atom. The standard InChI is InChI=1S/C16H24O4/c1-3-15(17)19-10-16(18)20-11(2)14-8-12-5-4-6-13(7-12)9-14/h3,11-14H,1,4-10H2,2H3. The smallest absolute Gasteiger partial charge is 0.344 e. The van der Waals surface area contributed by atoms with Crippen LogP contribution in [-0.2, 0) is 19.1 Å². The lowest BCUT2D eigenvalue weighted by Crippen LogP contribution is -2.35. The lowest BCUT2D eigenvalue weighted by Gasteiger charge is -2.40. The van der Waals surface area contributed by atoms with Crippen LogP contribution in [0.1, 0.15) is 45.4 Å². The van der Waals surface area contributed by atoms with Crippen LogP contribution in [0, 0.1) is 17.8 Å². The zero-order valence-electron chi connectivity index (χ0n) is 12.2. The first-order chi connectivity index (χ1) is 9.58. The van der Waals surface area contributed by atoms with Crippen molar-refractivity contribution in [1.82, 2.24) is 0 Å². The molecule has 2 saturated carbocycles. The van der Waals surface area contributed by atoms with E-state index in [1.54, 1.807) is 0 Å². The number of hydrogen-bond acceptors (Lipinski definition) is 4. The second-order valence-corrected chi connectivity index (χ2v) is 6.14. The van der Waals surface area contributed by atoms with Gasteiger partial charge >= 0.3 is 11.9 Å². The fraction of sp³-hybridized carbons (Fsp3) is 0.750. The molecule has 0 N–H and O–H groups in total. The lowest BCUT2D eigenvalue weighted by molar-refractivity contribution is -0.162. The number of carbonyl (C=O) groups excluding carboxylic acids is 2. The topological polar surface area (TPSA) is 52.6 Å². The average molecular weight is 280 g/mol. The van der Waals surface area contributed by atoms with Gasteiger partial charge in [-0.3, -0.25) is 0 Å². The van der Waals surface area contributed by atoms with Crippen LogP contribution in [0.25, 0.3) is 0 Å². The molecular weight excluding hydrogens is 256 g/mol. The summed E-state index contributed by atoms with van der Waals surface area (Å²) in [6.07, 6.45) is 8.64. The van der Waals surface area contributed by atoms with Gasteiger partial charge in [0.2, 0.25) is 0 Å². The van der Waals surface area contributed by atoms with E-state index >= 15 is 0 Å². The van der Waals surface area contributed by atoms with Gasteiger partial charge in [0, 0.05) is 6.08 Å². The van der Waals surface area contributed by atoms with Gasteiger partial charge in [-0.2, -0.15) is 0 Å². The van der Waals surface area contributed by atoms with Crippen molar-refractivity contribution >= 4 is 11.9 Å². The second-order valence-electron chi connectivity index (χ2n) is 6.14. The normalized spacial score (nSPS) is 30.1. The molecule has 3 atom stereocenters. The van der Waals surface area contributed by atoms with E-state index in [-0.39, 0.29) is 12.7 Å². The van der Waals surface area contributed by atoms with Crippen LogP contribution in [0.15, 0.2) is 12.7 Å². The molecule has 0 saturated heterocycles. The van der Waals surface area contributed by atoms with Gasteiger partial charge < -0.3 is 9.47 Å². The van der Waals surface area contributed by atoms with E-state index in [4.69, 9.17) is 4.74 Å². The third-order valence-corrected chi connectivity index (χ3v) is 4.64. The summed E-state index contributed by atoms with van der Waals surface area (Å²) in [5, 5.41) is 0. The number of ether oxygens (including phenoxy) is 2. The quantitative estimate of drug-likeness (QED) is 0.574. The SMILES string of the molecule is C=CC(=O)OCC(=O)OC(C)C1CC2CCCC(C2)C1. The number of fused-ring (bicyclic) bond motifs is 2. The molecule has 0 heterocycles. The highest BCUT2D eigenvalue weighted by Crippen LogP contribution is 2.43. The number of carbonyl (C=O) groups is 2. The third kappa shape index (κ3) is 4.09. The Hall–Kier alpha value is -1.32. The number of hydrogen-bond donors (Lipinski definition) is 0. The van der Waals surface area contributed by atoms with Crippen molar-refractivity contribution in [3.63, 3.8) is 0 Å². The van der Waals surface area contributed by atoms with Crippen LogP contribution in [0.2, 0.25) is 0 Å². The minimum atomic E-state index is -0.596. The number of rotatable bonds is 5. The van der Waals surface area contributed by atoms with Crippen molar-refractivity contribution in [3.8, 4) is 0 Å². The first-order valence-corrected chi connectivity index (χ1v) is 7.57. The predicted octanol–water partition coefficient (Wildman–Crippen LogP) is 2.86. The minimum absolute atomic E-state index is 0.0895. The summed E-state index contributed by atoms with van der Waals surface area (Å²) < 4.78 is 10.1. The molecule has 2 aliphatic carbocycles. The van der Waals surface area contributed by atoms with E-state index in [1.807, 2.05) is 6.92 Å². The minimum Gasteiger partial charge on any atom is -0.460 e. The van der Waals surface area contributed by atoms with Gasteiger partial charge in [0.1, 0.15) is 6.10 Å². The summed E-state index contributed by atoms with van der Waals surface area (Å²) in [5.74, 6) is 1.02. The molecule has 4 heteroatoms. The van der Waals surface area contributed by atoms with Crippen LogP contribution in [0.4, 0.5) is 0 Å². The van der Waals surface area contributed by atoms with Crippen molar-refractivity contribution in [1.29, 1.82) is 0 Å². The van der Waals surface area contributed by atoms with Crippen LogP contribution in [0.3, 0.4) is 0 Å². The Morgan fingerprint density at radius 2 is 1.90 bits per heavy atom.